The molecule has 94 valence electrons. The molecule has 0 fully saturated rings. The normalized spacial score (nSPS) is 11.4. The summed E-state index contributed by atoms with van der Waals surface area (Å²) in [6.07, 6.45) is 2.04. The minimum absolute atomic E-state index is 0.298. The molecule has 3 N–H and O–H groups in total. The number of benzene rings is 1. The van der Waals surface area contributed by atoms with Gasteiger partial charge in [-0.05, 0) is 18.6 Å². The van der Waals surface area contributed by atoms with Crippen molar-refractivity contribution in [1.29, 1.82) is 0 Å². The van der Waals surface area contributed by atoms with Crippen LogP contribution in [-0.2, 0) is 0 Å². The zero-order valence-corrected chi connectivity index (χ0v) is 10.3. The van der Waals surface area contributed by atoms with Crippen LogP contribution in [0.3, 0.4) is 0 Å². The van der Waals surface area contributed by atoms with Gasteiger partial charge >= 0.3 is 0 Å². The van der Waals surface area contributed by atoms with Gasteiger partial charge in [0.1, 0.15) is 5.82 Å². The summed E-state index contributed by atoms with van der Waals surface area (Å²) >= 11 is 0. The maximum absolute atomic E-state index is 13.6. The molecule has 0 spiro atoms. The van der Waals surface area contributed by atoms with Crippen LogP contribution in [0.2, 0.25) is 0 Å². The number of hydrazine groups is 1. The Labute approximate surface area is 101 Å². The Morgan fingerprint density at radius 2 is 2.18 bits per heavy atom. The SMILES string of the molecule is CCCCN=C(NN)N(C)c1ccccc1F. The number of aliphatic imine (C=N–C) groups is 1. The van der Waals surface area contributed by atoms with Crippen LogP contribution in [0.15, 0.2) is 29.3 Å². The van der Waals surface area contributed by atoms with E-state index in [0.717, 1.165) is 12.8 Å². The van der Waals surface area contributed by atoms with Crippen LogP contribution in [0.25, 0.3) is 0 Å². The summed E-state index contributed by atoms with van der Waals surface area (Å²) in [7, 11) is 1.73. The van der Waals surface area contributed by atoms with E-state index in [1.807, 2.05) is 0 Å². The fourth-order valence-corrected chi connectivity index (χ4v) is 1.43. The van der Waals surface area contributed by atoms with Gasteiger partial charge < -0.3 is 4.90 Å². The van der Waals surface area contributed by atoms with Gasteiger partial charge in [0.05, 0.1) is 5.69 Å². The van der Waals surface area contributed by atoms with Crippen LogP contribution in [0.1, 0.15) is 19.8 Å². The van der Waals surface area contributed by atoms with E-state index in [-0.39, 0.29) is 5.82 Å². The maximum Gasteiger partial charge on any atom is 0.212 e. The number of nitrogens with one attached hydrogen (secondary N) is 1. The van der Waals surface area contributed by atoms with Crippen molar-refractivity contribution in [3.63, 3.8) is 0 Å². The summed E-state index contributed by atoms with van der Waals surface area (Å²) < 4.78 is 13.6. The molecule has 0 heterocycles. The van der Waals surface area contributed by atoms with E-state index < -0.39 is 0 Å². The Morgan fingerprint density at radius 3 is 2.76 bits per heavy atom. The zero-order valence-electron chi connectivity index (χ0n) is 10.3. The number of anilines is 1. The van der Waals surface area contributed by atoms with Crippen molar-refractivity contribution in [2.75, 3.05) is 18.5 Å². The average molecular weight is 238 g/mol. The van der Waals surface area contributed by atoms with Crippen molar-refractivity contribution in [1.82, 2.24) is 5.43 Å². The molecule has 0 unspecified atom stereocenters. The molecule has 1 rings (SSSR count). The van der Waals surface area contributed by atoms with Gasteiger partial charge in [-0.3, -0.25) is 10.4 Å². The third-order valence-corrected chi connectivity index (χ3v) is 2.43. The van der Waals surface area contributed by atoms with Gasteiger partial charge in [0, 0.05) is 13.6 Å². The van der Waals surface area contributed by atoms with Crippen LogP contribution >= 0.6 is 0 Å². The molecule has 1 aromatic rings. The molecule has 1 aromatic carbocycles. The molecule has 0 bridgehead atoms. The van der Waals surface area contributed by atoms with Crippen molar-refractivity contribution in [3.05, 3.63) is 30.1 Å². The van der Waals surface area contributed by atoms with Gasteiger partial charge in [0.25, 0.3) is 0 Å². The Hall–Kier alpha value is -1.62. The van der Waals surface area contributed by atoms with E-state index in [2.05, 4.69) is 17.3 Å². The highest BCUT2D eigenvalue weighted by molar-refractivity contribution is 5.95. The molecule has 0 saturated carbocycles. The van der Waals surface area contributed by atoms with Crippen molar-refractivity contribution in [3.8, 4) is 0 Å². The molecule has 0 atom stereocenters. The second-order valence-electron chi connectivity index (χ2n) is 3.71. The lowest BCUT2D eigenvalue weighted by atomic mass is 10.3. The smallest absolute Gasteiger partial charge is 0.212 e. The largest absolute Gasteiger partial charge is 0.312 e. The van der Waals surface area contributed by atoms with Gasteiger partial charge in [-0.1, -0.05) is 25.5 Å². The lowest BCUT2D eigenvalue weighted by molar-refractivity contribution is 0.627. The number of guanidine groups is 1. The fraction of sp³-hybridized carbons (Fsp3) is 0.417. The number of nitrogens with two attached hydrogens (primary N) is 1. The summed E-state index contributed by atoms with van der Waals surface area (Å²) in [5.74, 6) is 5.56. The average Bonchev–Trinajstić information content (AvgIpc) is 2.35. The van der Waals surface area contributed by atoms with Crippen molar-refractivity contribution < 1.29 is 4.39 Å². The summed E-state index contributed by atoms with van der Waals surface area (Å²) in [5, 5.41) is 0. The third kappa shape index (κ3) is 3.71. The maximum atomic E-state index is 13.6. The summed E-state index contributed by atoms with van der Waals surface area (Å²) in [6, 6.07) is 6.51. The number of hydrogen-bond acceptors (Lipinski definition) is 2. The number of halogens is 1. The molecule has 0 aliphatic carbocycles. The molecular weight excluding hydrogens is 219 g/mol. The molecular formula is C12H19FN4. The van der Waals surface area contributed by atoms with Gasteiger partial charge in [-0.15, -0.1) is 0 Å². The number of rotatable bonds is 4. The predicted molar refractivity (Wildman–Crippen MR) is 69.3 cm³/mol. The topological polar surface area (TPSA) is 53.6 Å². The highest BCUT2D eigenvalue weighted by atomic mass is 19.1. The van der Waals surface area contributed by atoms with E-state index in [1.54, 1.807) is 30.1 Å². The van der Waals surface area contributed by atoms with Crippen LogP contribution in [0, 0.1) is 5.82 Å². The number of hydrogen-bond donors (Lipinski definition) is 2. The number of nitrogens with zero attached hydrogens (tertiary/aromatic N) is 2. The molecule has 0 aliphatic rings. The van der Waals surface area contributed by atoms with Gasteiger partial charge in [0.15, 0.2) is 0 Å². The second kappa shape index (κ2) is 6.85. The standard InChI is InChI=1S/C12H19FN4/c1-3-4-9-15-12(16-14)17(2)11-8-6-5-7-10(11)13/h5-8H,3-4,9,14H2,1-2H3,(H,15,16). The summed E-state index contributed by atoms with van der Waals surface area (Å²) in [6.45, 7) is 2.76. The van der Waals surface area contributed by atoms with Crippen molar-refractivity contribution in [2.24, 2.45) is 10.8 Å². The van der Waals surface area contributed by atoms with Crippen LogP contribution in [0.5, 0.6) is 0 Å². The highest BCUT2D eigenvalue weighted by Gasteiger charge is 2.11. The Balaban J connectivity index is 2.82. The van der Waals surface area contributed by atoms with E-state index in [4.69, 9.17) is 5.84 Å². The fourth-order valence-electron chi connectivity index (χ4n) is 1.43. The number of para-hydroxylation sites is 1. The second-order valence-corrected chi connectivity index (χ2v) is 3.71. The predicted octanol–water partition coefficient (Wildman–Crippen LogP) is 1.88. The number of unbranched alkanes of at least 4 members (excludes halogenated alkanes) is 1. The van der Waals surface area contributed by atoms with E-state index in [0.29, 0.717) is 18.2 Å². The molecule has 0 saturated heterocycles. The first-order chi connectivity index (χ1) is 8.20. The Kier molecular flexibility index (Phi) is 5.42. The summed E-state index contributed by atoms with van der Waals surface area (Å²) in [5.41, 5.74) is 2.94. The first kappa shape index (κ1) is 13.4. The minimum Gasteiger partial charge on any atom is -0.312 e. The minimum atomic E-state index is -0.298. The highest BCUT2D eigenvalue weighted by Crippen LogP contribution is 2.16. The van der Waals surface area contributed by atoms with Crippen LogP contribution < -0.4 is 16.2 Å². The van der Waals surface area contributed by atoms with Gasteiger partial charge in [-0.25, -0.2) is 10.2 Å². The molecule has 4 nitrogen and oxygen atoms in total. The Morgan fingerprint density at radius 1 is 1.47 bits per heavy atom. The quantitative estimate of drug-likeness (QED) is 0.277. The van der Waals surface area contributed by atoms with Gasteiger partial charge in [0.2, 0.25) is 5.96 Å². The van der Waals surface area contributed by atoms with E-state index >= 15 is 0 Å². The third-order valence-electron chi connectivity index (χ3n) is 2.43. The van der Waals surface area contributed by atoms with Crippen molar-refractivity contribution in [2.45, 2.75) is 19.8 Å². The zero-order chi connectivity index (χ0) is 12.7. The van der Waals surface area contributed by atoms with Crippen molar-refractivity contribution >= 4 is 11.6 Å². The monoisotopic (exact) mass is 238 g/mol. The van der Waals surface area contributed by atoms with Gasteiger partial charge in [-0.2, -0.15) is 0 Å². The van der Waals surface area contributed by atoms with E-state index in [1.165, 1.54) is 6.07 Å². The lowest BCUT2D eigenvalue weighted by Crippen LogP contribution is -2.43. The molecule has 0 aromatic heterocycles. The molecule has 5 heteroatoms. The summed E-state index contributed by atoms with van der Waals surface area (Å²) in [4.78, 5) is 5.89. The first-order valence-corrected chi connectivity index (χ1v) is 5.70. The van der Waals surface area contributed by atoms with Crippen LogP contribution in [-0.4, -0.2) is 19.6 Å². The molecule has 0 radical (unpaired) electrons. The first-order valence-electron chi connectivity index (χ1n) is 5.70. The molecule has 0 aliphatic heterocycles. The molecule has 0 amide bonds. The lowest BCUT2D eigenvalue weighted by Gasteiger charge is -2.21. The van der Waals surface area contributed by atoms with Crippen LogP contribution in [0.4, 0.5) is 10.1 Å². The van der Waals surface area contributed by atoms with E-state index in [9.17, 15) is 4.39 Å². The Bertz CT molecular complexity index is 379. The molecule has 17 heavy (non-hydrogen) atoms.